The second-order valence-electron chi connectivity index (χ2n) is 8.66. The average molecular weight is 454 g/mol. The van der Waals surface area contributed by atoms with Gasteiger partial charge in [-0.1, -0.05) is 26.7 Å². The Kier molecular flexibility index (Phi) is 6.78. The first-order valence-electron chi connectivity index (χ1n) is 11.7. The van der Waals surface area contributed by atoms with Gasteiger partial charge in [-0.25, -0.2) is 9.37 Å². The van der Waals surface area contributed by atoms with E-state index in [2.05, 4.69) is 29.5 Å². The number of rotatable bonds is 8. The Bertz CT molecular complexity index is 1160. The van der Waals surface area contributed by atoms with Crippen LogP contribution >= 0.6 is 0 Å². The molecule has 0 saturated heterocycles. The normalized spacial score (nSPS) is 18.4. The van der Waals surface area contributed by atoms with Gasteiger partial charge in [-0.3, -0.25) is 9.48 Å². The molecule has 0 unspecified atom stereocenters. The summed E-state index contributed by atoms with van der Waals surface area (Å²) in [7, 11) is 0. The topological polar surface area (TPSA) is 124 Å². The number of amides is 1. The Balaban J connectivity index is 1.68. The summed E-state index contributed by atoms with van der Waals surface area (Å²) in [6, 6.07) is 6.86. The van der Waals surface area contributed by atoms with Crippen LogP contribution in [0.5, 0.6) is 0 Å². The maximum Gasteiger partial charge on any atom is 0.252 e. The predicted octanol–water partition coefficient (Wildman–Crippen LogP) is 4.07. The molecule has 1 aromatic carbocycles. The summed E-state index contributed by atoms with van der Waals surface area (Å²) in [5.41, 5.74) is 14.5. The lowest BCUT2D eigenvalue weighted by Gasteiger charge is -2.30. The van der Waals surface area contributed by atoms with Crippen LogP contribution in [-0.4, -0.2) is 32.8 Å². The maximum absolute atomic E-state index is 14.8. The van der Waals surface area contributed by atoms with Crippen molar-refractivity contribution in [1.82, 2.24) is 14.8 Å². The van der Waals surface area contributed by atoms with Crippen molar-refractivity contribution >= 4 is 34.1 Å². The third-order valence-corrected chi connectivity index (χ3v) is 6.24. The number of primary amides is 1. The van der Waals surface area contributed by atoms with Gasteiger partial charge in [0.1, 0.15) is 5.82 Å². The van der Waals surface area contributed by atoms with E-state index in [1.165, 1.54) is 0 Å². The van der Waals surface area contributed by atoms with Gasteiger partial charge in [-0.05, 0) is 49.9 Å². The molecule has 4 rings (SSSR count). The van der Waals surface area contributed by atoms with E-state index in [9.17, 15) is 9.18 Å². The summed E-state index contributed by atoms with van der Waals surface area (Å²) < 4.78 is 16.8. The van der Waals surface area contributed by atoms with Gasteiger partial charge < -0.3 is 22.1 Å². The fourth-order valence-electron chi connectivity index (χ4n) is 4.49. The fraction of sp³-hybridized carbons (Fsp3) is 0.458. The van der Waals surface area contributed by atoms with Crippen molar-refractivity contribution in [3.8, 4) is 0 Å². The number of nitrogens with two attached hydrogens (primary N) is 2. The number of aromatic nitrogens is 3. The quantitative estimate of drug-likeness (QED) is 0.408. The molecule has 1 amide bonds. The van der Waals surface area contributed by atoms with Gasteiger partial charge in [0.2, 0.25) is 0 Å². The largest absolute Gasteiger partial charge is 0.365 e. The molecule has 0 radical (unpaired) electrons. The number of carbonyl (C=O) groups is 1. The highest BCUT2D eigenvalue weighted by atomic mass is 19.1. The van der Waals surface area contributed by atoms with Crippen molar-refractivity contribution in [3.63, 3.8) is 0 Å². The molecule has 6 N–H and O–H groups in total. The van der Waals surface area contributed by atoms with Crippen molar-refractivity contribution < 1.29 is 9.18 Å². The molecule has 33 heavy (non-hydrogen) atoms. The third kappa shape index (κ3) is 4.78. The minimum atomic E-state index is -0.754. The minimum Gasteiger partial charge on any atom is -0.365 e. The lowest BCUT2D eigenvalue weighted by molar-refractivity contribution is 0.100. The zero-order valence-corrected chi connectivity index (χ0v) is 19.2. The highest BCUT2D eigenvalue weighted by Crippen LogP contribution is 2.29. The molecule has 3 aromatic rings. The molecule has 2 atom stereocenters. The summed E-state index contributed by atoms with van der Waals surface area (Å²) in [6.07, 6.45) is 5.62. The Morgan fingerprint density at radius 2 is 2.00 bits per heavy atom. The first-order chi connectivity index (χ1) is 15.9. The lowest BCUT2D eigenvalue weighted by atomic mass is 9.91. The van der Waals surface area contributed by atoms with E-state index >= 15 is 0 Å². The van der Waals surface area contributed by atoms with E-state index in [0.29, 0.717) is 0 Å². The van der Waals surface area contributed by atoms with Crippen molar-refractivity contribution in [2.75, 3.05) is 10.6 Å². The average Bonchev–Trinajstić information content (AvgIpc) is 3.14. The van der Waals surface area contributed by atoms with E-state index < -0.39 is 11.7 Å². The number of halogens is 1. The second-order valence-corrected chi connectivity index (χ2v) is 8.66. The molecular weight excluding hydrogens is 421 g/mol. The number of pyridine rings is 1. The number of anilines is 3. The molecule has 176 valence electrons. The van der Waals surface area contributed by atoms with Crippen LogP contribution < -0.4 is 22.1 Å². The van der Waals surface area contributed by atoms with Crippen LogP contribution in [0.25, 0.3) is 10.9 Å². The summed E-state index contributed by atoms with van der Waals surface area (Å²) >= 11 is 0. The van der Waals surface area contributed by atoms with Crippen molar-refractivity contribution in [3.05, 3.63) is 41.3 Å². The van der Waals surface area contributed by atoms with Gasteiger partial charge in [-0.15, -0.1) is 0 Å². The zero-order chi connectivity index (χ0) is 23.5. The summed E-state index contributed by atoms with van der Waals surface area (Å²) in [5, 5.41) is 12.1. The molecule has 2 aromatic heterocycles. The molecular formula is C24H32FN7O. The van der Waals surface area contributed by atoms with E-state index in [1.54, 1.807) is 0 Å². The highest BCUT2D eigenvalue weighted by molar-refractivity contribution is 5.99. The predicted molar refractivity (Wildman–Crippen MR) is 129 cm³/mol. The van der Waals surface area contributed by atoms with Gasteiger partial charge in [0, 0.05) is 29.7 Å². The van der Waals surface area contributed by atoms with E-state index in [4.69, 9.17) is 16.6 Å². The number of hydrogen-bond acceptors (Lipinski definition) is 6. The first-order valence-corrected chi connectivity index (χ1v) is 11.7. The van der Waals surface area contributed by atoms with Crippen LogP contribution in [0, 0.1) is 5.82 Å². The van der Waals surface area contributed by atoms with Gasteiger partial charge in [0.15, 0.2) is 11.6 Å². The molecule has 1 fully saturated rings. The molecule has 8 nitrogen and oxygen atoms in total. The molecule has 0 spiro atoms. The van der Waals surface area contributed by atoms with E-state index in [-0.39, 0.29) is 29.3 Å². The standard InChI is InChI=1S/C24H32FN7O/c1-3-11-32-21-10-9-14(12-15(21)19(4-2)31-32)28-23-16(22(27)33)13-17(25)24(30-23)29-20-8-6-5-7-18(20)26/h9-10,12-13,18,20H,3-8,11,26H2,1-2H3,(H2,27,33)(H2,28,29,30)/t18-,20+/m0/s1. The number of benzene rings is 1. The Morgan fingerprint density at radius 1 is 1.21 bits per heavy atom. The Labute approximate surface area is 192 Å². The van der Waals surface area contributed by atoms with E-state index in [0.717, 1.165) is 73.4 Å². The second kappa shape index (κ2) is 9.74. The molecule has 0 bridgehead atoms. The summed E-state index contributed by atoms with van der Waals surface area (Å²) in [4.78, 5) is 16.4. The zero-order valence-electron chi connectivity index (χ0n) is 19.2. The minimum absolute atomic E-state index is 0.0107. The van der Waals surface area contributed by atoms with Gasteiger partial charge in [0.05, 0.1) is 16.8 Å². The monoisotopic (exact) mass is 453 g/mol. The van der Waals surface area contributed by atoms with E-state index in [1.807, 2.05) is 22.9 Å². The molecule has 1 aliphatic rings. The van der Waals surface area contributed by atoms with Gasteiger partial charge >= 0.3 is 0 Å². The summed E-state index contributed by atoms with van der Waals surface area (Å²) in [5.74, 6) is -1.11. The highest BCUT2D eigenvalue weighted by Gasteiger charge is 2.24. The Hall–Kier alpha value is -3.20. The summed E-state index contributed by atoms with van der Waals surface area (Å²) in [6.45, 7) is 5.03. The van der Waals surface area contributed by atoms with Crippen LogP contribution in [-0.2, 0) is 13.0 Å². The number of hydrogen-bond donors (Lipinski definition) is 4. The third-order valence-electron chi connectivity index (χ3n) is 6.24. The number of aryl methyl sites for hydroxylation is 2. The van der Waals surface area contributed by atoms with Crippen LogP contribution in [0.2, 0.25) is 0 Å². The number of nitrogens with zero attached hydrogens (tertiary/aromatic N) is 3. The van der Waals surface area contributed by atoms with Crippen LogP contribution in [0.4, 0.5) is 21.7 Å². The smallest absolute Gasteiger partial charge is 0.252 e. The number of carbonyl (C=O) groups excluding carboxylic acids is 1. The Morgan fingerprint density at radius 3 is 2.70 bits per heavy atom. The van der Waals surface area contributed by atoms with Crippen molar-refractivity contribution in [2.45, 2.75) is 71.0 Å². The molecule has 9 heteroatoms. The van der Waals surface area contributed by atoms with Gasteiger partial charge in [0.25, 0.3) is 5.91 Å². The van der Waals surface area contributed by atoms with Crippen LogP contribution in [0.1, 0.15) is 62.0 Å². The number of nitrogens with one attached hydrogen (secondary N) is 2. The fourth-order valence-corrected chi connectivity index (χ4v) is 4.49. The van der Waals surface area contributed by atoms with Crippen molar-refractivity contribution in [1.29, 1.82) is 0 Å². The molecule has 0 aliphatic heterocycles. The molecule has 1 aliphatic carbocycles. The number of fused-ring (bicyclic) bond motifs is 1. The molecule has 2 heterocycles. The SMILES string of the molecule is CCCn1nc(CC)c2cc(Nc3nc(N[C@@H]4CCCC[C@@H]4N)c(F)cc3C(N)=O)ccc21. The maximum atomic E-state index is 14.8. The molecule has 1 saturated carbocycles. The lowest BCUT2D eigenvalue weighted by Crippen LogP contribution is -2.43. The van der Waals surface area contributed by atoms with Crippen LogP contribution in [0.15, 0.2) is 24.3 Å². The van der Waals surface area contributed by atoms with Gasteiger partial charge in [-0.2, -0.15) is 5.10 Å². The van der Waals surface area contributed by atoms with Crippen molar-refractivity contribution in [2.24, 2.45) is 11.5 Å². The van der Waals surface area contributed by atoms with Crippen LogP contribution in [0.3, 0.4) is 0 Å². The first kappa shape index (κ1) is 23.0.